The van der Waals surface area contributed by atoms with Crippen molar-refractivity contribution in [3.63, 3.8) is 0 Å². The Hall–Kier alpha value is -0.460. The van der Waals surface area contributed by atoms with Crippen LogP contribution in [-0.4, -0.2) is 43.5 Å². The van der Waals surface area contributed by atoms with Crippen LogP contribution >= 0.6 is 15.9 Å². The lowest BCUT2D eigenvalue weighted by Gasteiger charge is -2.41. The molecule has 1 spiro atoms. The Morgan fingerprint density at radius 1 is 1.20 bits per heavy atom. The molecule has 0 aliphatic carbocycles. The summed E-state index contributed by atoms with van der Waals surface area (Å²) < 4.78 is 12.7. The largest absolute Gasteiger partial charge is 0.347 e. The van der Waals surface area contributed by atoms with Gasteiger partial charge in [-0.05, 0) is 11.6 Å². The molecule has 20 heavy (non-hydrogen) atoms. The predicted molar refractivity (Wildman–Crippen MR) is 81.4 cm³/mol. The third-order valence-electron chi connectivity index (χ3n) is 4.30. The Bertz CT molecular complexity index is 453. The molecule has 2 saturated heterocycles. The van der Waals surface area contributed by atoms with Gasteiger partial charge in [0, 0.05) is 43.0 Å². The number of hydrogen-bond donors (Lipinski definition) is 1. The van der Waals surface area contributed by atoms with Crippen LogP contribution in [-0.2, 0) is 9.47 Å². The fraction of sp³-hybridized carbons (Fsp3) is 0.600. The zero-order valence-electron chi connectivity index (χ0n) is 11.6. The molecule has 1 aromatic rings. The van der Waals surface area contributed by atoms with Gasteiger partial charge in [0.15, 0.2) is 5.79 Å². The van der Waals surface area contributed by atoms with Gasteiger partial charge in [-0.25, -0.2) is 0 Å². The number of likely N-dealkylation sites (tertiary alicyclic amines) is 1. The summed E-state index contributed by atoms with van der Waals surface area (Å²) in [7, 11) is 0. The quantitative estimate of drug-likeness (QED) is 0.916. The third-order valence-corrected chi connectivity index (χ3v) is 5.02. The summed E-state index contributed by atoms with van der Waals surface area (Å²) in [5.74, 6) is -0.316. The summed E-state index contributed by atoms with van der Waals surface area (Å²) in [4.78, 5) is 2.44. The van der Waals surface area contributed by atoms with Gasteiger partial charge in [0.2, 0.25) is 0 Å². The van der Waals surface area contributed by atoms with Gasteiger partial charge >= 0.3 is 0 Å². The van der Waals surface area contributed by atoms with E-state index in [4.69, 9.17) is 15.2 Å². The van der Waals surface area contributed by atoms with E-state index in [9.17, 15) is 0 Å². The normalized spacial score (nSPS) is 24.1. The van der Waals surface area contributed by atoms with Crippen LogP contribution in [0, 0.1) is 0 Å². The molecule has 1 atom stereocenters. The molecule has 0 bridgehead atoms. The maximum atomic E-state index is 6.02. The van der Waals surface area contributed by atoms with Crippen molar-refractivity contribution in [2.24, 2.45) is 5.73 Å². The van der Waals surface area contributed by atoms with E-state index in [2.05, 4.69) is 39.0 Å². The number of hydrogen-bond acceptors (Lipinski definition) is 4. The van der Waals surface area contributed by atoms with E-state index in [1.54, 1.807) is 0 Å². The van der Waals surface area contributed by atoms with Crippen molar-refractivity contribution in [3.05, 3.63) is 34.3 Å². The molecule has 110 valence electrons. The number of nitrogens with two attached hydrogens (primary N) is 1. The van der Waals surface area contributed by atoms with Gasteiger partial charge in [0.05, 0.1) is 13.2 Å². The Labute approximate surface area is 128 Å². The van der Waals surface area contributed by atoms with Gasteiger partial charge in [0.1, 0.15) is 0 Å². The second-order valence-electron chi connectivity index (χ2n) is 5.42. The standard InChI is InChI=1S/C15H21BrN2O2/c16-13-4-2-1-3-12(13)14(11-17)18-7-5-15(6-8-18)19-9-10-20-15/h1-4,14H,5-11,17H2. The van der Waals surface area contributed by atoms with E-state index < -0.39 is 0 Å². The summed E-state index contributed by atoms with van der Waals surface area (Å²) in [6.45, 7) is 4.00. The molecule has 0 radical (unpaired) electrons. The molecule has 0 amide bonds. The van der Waals surface area contributed by atoms with E-state index in [0.29, 0.717) is 6.54 Å². The molecular formula is C15H21BrN2O2. The molecule has 0 aromatic heterocycles. The molecule has 2 aliphatic heterocycles. The SMILES string of the molecule is NCC(c1ccccc1Br)N1CCC2(CC1)OCCO2. The fourth-order valence-corrected chi connectivity index (χ4v) is 3.73. The molecule has 0 saturated carbocycles. The molecule has 3 rings (SSSR count). The van der Waals surface area contributed by atoms with Gasteiger partial charge in [-0.15, -0.1) is 0 Å². The number of rotatable bonds is 3. The fourth-order valence-electron chi connectivity index (χ4n) is 3.18. The Morgan fingerprint density at radius 3 is 2.45 bits per heavy atom. The lowest BCUT2D eigenvalue weighted by Crippen LogP contribution is -2.47. The van der Waals surface area contributed by atoms with Gasteiger partial charge in [-0.1, -0.05) is 34.1 Å². The van der Waals surface area contributed by atoms with Gasteiger partial charge in [-0.3, -0.25) is 4.90 Å². The number of ether oxygens (including phenoxy) is 2. The number of nitrogens with zero attached hydrogens (tertiary/aromatic N) is 1. The van der Waals surface area contributed by atoms with Gasteiger partial charge in [-0.2, -0.15) is 0 Å². The summed E-state index contributed by atoms with van der Waals surface area (Å²) in [5, 5.41) is 0. The molecular weight excluding hydrogens is 320 g/mol. The molecule has 2 heterocycles. The lowest BCUT2D eigenvalue weighted by molar-refractivity contribution is -0.187. The first kappa shape index (κ1) is 14.5. The first-order valence-corrected chi connectivity index (χ1v) is 8.00. The van der Waals surface area contributed by atoms with E-state index in [0.717, 1.165) is 43.6 Å². The summed E-state index contributed by atoms with van der Waals surface area (Å²) in [6.07, 6.45) is 1.85. The average molecular weight is 341 g/mol. The van der Waals surface area contributed by atoms with Crippen LogP contribution in [0.2, 0.25) is 0 Å². The van der Waals surface area contributed by atoms with Crippen molar-refractivity contribution in [2.45, 2.75) is 24.7 Å². The highest BCUT2D eigenvalue weighted by Crippen LogP contribution is 2.35. The highest BCUT2D eigenvalue weighted by Gasteiger charge is 2.41. The van der Waals surface area contributed by atoms with Gasteiger partial charge < -0.3 is 15.2 Å². The molecule has 2 fully saturated rings. The number of piperidine rings is 1. The van der Waals surface area contributed by atoms with Crippen LogP contribution in [0.15, 0.2) is 28.7 Å². The minimum atomic E-state index is -0.316. The van der Waals surface area contributed by atoms with Crippen LogP contribution in [0.4, 0.5) is 0 Å². The van der Waals surface area contributed by atoms with Crippen molar-refractivity contribution in [1.29, 1.82) is 0 Å². The van der Waals surface area contributed by atoms with E-state index >= 15 is 0 Å². The zero-order valence-corrected chi connectivity index (χ0v) is 13.1. The van der Waals surface area contributed by atoms with E-state index in [-0.39, 0.29) is 11.8 Å². The van der Waals surface area contributed by atoms with Crippen molar-refractivity contribution in [1.82, 2.24) is 4.90 Å². The highest BCUT2D eigenvalue weighted by molar-refractivity contribution is 9.10. The topological polar surface area (TPSA) is 47.7 Å². The second-order valence-corrected chi connectivity index (χ2v) is 6.27. The lowest BCUT2D eigenvalue weighted by atomic mass is 9.98. The first-order chi connectivity index (χ1) is 9.74. The van der Waals surface area contributed by atoms with E-state index in [1.165, 1.54) is 5.56 Å². The van der Waals surface area contributed by atoms with Crippen molar-refractivity contribution in [3.8, 4) is 0 Å². The molecule has 1 aromatic carbocycles. The van der Waals surface area contributed by atoms with Crippen LogP contribution in [0.25, 0.3) is 0 Å². The predicted octanol–water partition coefficient (Wildman–Crippen LogP) is 2.29. The Kier molecular flexibility index (Phi) is 4.43. The second kappa shape index (κ2) is 6.12. The van der Waals surface area contributed by atoms with Crippen molar-refractivity contribution in [2.75, 3.05) is 32.8 Å². The maximum Gasteiger partial charge on any atom is 0.170 e. The molecule has 2 aliphatic rings. The third kappa shape index (κ3) is 2.78. The van der Waals surface area contributed by atoms with E-state index in [1.807, 2.05) is 6.07 Å². The van der Waals surface area contributed by atoms with Crippen LogP contribution in [0.5, 0.6) is 0 Å². The minimum Gasteiger partial charge on any atom is -0.347 e. The smallest absolute Gasteiger partial charge is 0.170 e. The molecule has 4 nitrogen and oxygen atoms in total. The minimum absolute atomic E-state index is 0.254. The summed E-state index contributed by atoms with van der Waals surface area (Å²) in [5.41, 5.74) is 7.29. The number of benzene rings is 1. The van der Waals surface area contributed by atoms with Gasteiger partial charge in [0.25, 0.3) is 0 Å². The monoisotopic (exact) mass is 340 g/mol. The molecule has 5 heteroatoms. The van der Waals surface area contributed by atoms with Crippen molar-refractivity contribution < 1.29 is 9.47 Å². The summed E-state index contributed by atoms with van der Waals surface area (Å²) >= 11 is 3.63. The first-order valence-electron chi connectivity index (χ1n) is 7.20. The number of halogens is 1. The maximum absolute atomic E-state index is 6.02. The molecule has 1 unspecified atom stereocenters. The Balaban J connectivity index is 1.71. The van der Waals surface area contributed by atoms with Crippen LogP contribution < -0.4 is 5.73 Å². The summed E-state index contributed by atoms with van der Waals surface area (Å²) in [6, 6.07) is 8.58. The average Bonchev–Trinajstić information content (AvgIpc) is 2.92. The Morgan fingerprint density at radius 2 is 1.85 bits per heavy atom. The zero-order chi connectivity index (χ0) is 14.0. The van der Waals surface area contributed by atoms with Crippen molar-refractivity contribution >= 4 is 15.9 Å². The van der Waals surface area contributed by atoms with Crippen LogP contribution in [0.3, 0.4) is 0 Å². The molecule has 2 N–H and O–H groups in total. The van der Waals surface area contributed by atoms with Crippen LogP contribution in [0.1, 0.15) is 24.4 Å². The highest BCUT2D eigenvalue weighted by atomic mass is 79.9.